The lowest BCUT2D eigenvalue weighted by molar-refractivity contribution is -0.384. The molecule has 2 rings (SSSR count). The molecule has 0 fully saturated rings. The van der Waals surface area contributed by atoms with Crippen LogP contribution in [0.25, 0.3) is 0 Å². The van der Waals surface area contributed by atoms with Gasteiger partial charge in [0.15, 0.2) is 0 Å². The maximum Gasteiger partial charge on any atom is 0.289 e. The molecule has 2 aromatic carbocycles. The van der Waals surface area contributed by atoms with Crippen molar-refractivity contribution in [3.8, 4) is 0 Å². The van der Waals surface area contributed by atoms with Gasteiger partial charge in [-0.3, -0.25) is 10.1 Å². The van der Waals surface area contributed by atoms with Crippen molar-refractivity contribution in [2.75, 3.05) is 5.32 Å². The van der Waals surface area contributed by atoms with Crippen molar-refractivity contribution in [1.82, 2.24) is 0 Å². The van der Waals surface area contributed by atoms with E-state index in [9.17, 15) is 10.1 Å². The van der Waals surface area contributed by atoms with Crippen LogP contribution in [0.1, 0.15) is 18.5 Å². The van der Waals surface area contributed by atoms with Crippen molar-refractivity contribution in [3.63, 3.8) is 0 Å². The van der Waals surface area contributed by atoms with E-state index < -0.39 is 4.92 Å². The van der Waals surface area contributed by atoms with Crippen molar-refractivity contribution < 1.29 is 4.92 Å². The Balaban J connectivity index is 2.22. The Bertz CT molecular complexity index is 647. The summed E-state index contributed by atoms with van der Waals surface area (Å²) in [5, 5.41) is 14.8. The summed E-state index contributed by atoms with van der Waals surface area (Å²) in [6, 6.07) is 12.0. The zero-order valence-corrected chi connectivity index (χ0v) is 12.2. The molecule has 0 aliphatic carbocycles. The number of nitro benzene ring substituents is 1. The van der Waals surface area contributed by atoms with Gasteiger partial charge in [0.1, 0.15) is 5.02 Å². The molecule has 1 atom stereocenters. The summed E-state index contributed by atoms with van der Waals surface area (Å²) >= 11 is 11.7. The number of nitrogens with zero attached hydrogens (tertiary/aromatic N) is 1. The highest BCUT2D eigenvalue weighted by atomic mass is 35.5. The summed E-state index contributed by atoms with van der Waals surface area (Å²) in [6.45, 7) is 1.95. The van der Waals surface area contributed by atoms with Crippen molar-refractivity contribution in [3.05, 3.63) is 68.2 Å². The number of nitrogens with one attached hydrogen (secondary N) is 1. The van der Waals surface area contributed by atoms with E-state index in [0.29, 0.717) is 10.7 Å². The van der Waals surface area contributed by atoms with E-state index in [2.05, 4.69) is 5.32 Å². The molecule has 0 heterocycles. The molecule has 0 spiro atoms. The van der Waals surface area contributed by atoms with Crippen LogP contribution in [-0.2, 0) is 0 Å². The third-order valence-corrected chi connectivity index (χ3v) is 3.43. The molecule has 0 saturated carbocycles. The molecule has 0 radical (unpaired) electrons. The quantitative estimate of drug-likeness (QED) is 0.633. The first-order valence-corrected chi connectivity index (χ1v) is 6.69. The van der Waals surface area contributed by atoms with Gasteiger partial charge in [0.2, 0.25) is 0 Å². The minimum atomic E-state index is -0.502. The first kappa shape index (κ1) is 14.6. The van der Waals surface area contributed by atoms with Gasteiger partial charge in [-0.25, -0.2) is 0 Å². The van der Waals surface area contributed by atoms with Crippen LogP contribution < -0.4 is 5.32 Å². The maximum atomic E-state index is 10.9. The highest BCUT2D eigenvalue weighted by Gasteiger charge is 2.14. The summed E-state index contributed by atoms with van der Waals surface area (Å²) < 4.78 is 0. The lowest BCUT2D eigenvalue weighted by atomic mass is 10.1. The van der Waals surface area contributed by atoms with Gasteiger partial charge in [-0.1, -0.05) is 35.3 Å². The number of benzene rings is 2. The van der Waals surface area contributed by atoms with E-state index in [4.69, 9.17) is 23.2 Å². The standard InChI is InChI=1S/C14H12Cl2N2O2/c1-9(10-3-2-4-11(15)7-10)17-12-5-6-13(16)14(8-12)18(19)20/h2-9,17H,1H3. The Morgan fingerprint density at radius 1 is 1.20 bits per heavy atom. The fourth-order valence-electron chi connectivity index (χ4n) is 1.85. The van der Waals surface area contributed by atoms with Gasteiger partial charge in [-0.05, 0) is 36.8 Å². The van der Waals surface area contributed by atoms with Crippen LogP contribution in [0, 0.1) is 10.1 Å². The molecule has 0 aliphatic rings. The number of nitro groups is 1. The largest absolute Gasteiger partial charge is 0.378 e. The van der Waals surface area contributed by atoms with Gasteiger partial charge in [0, 0.05) is 22.8 Å². The van der Waals surface area contributed by atoms with Crippen molar-refractivity contribution in [1.29, 1.82) is 0 Å². The van der Waals surface area contributed by atoms with E-state index in [1.165, 1.54) is 12.1 Å². The second kappa shape index (κ2) is 6.11. The minimum absolute atomic E-state index is 0.0329. The van der Waals surface area contributed by atoms with Crippen LogP contribution in [0.4, 0.5) is 11.4 Å². The molecular weight excluding hydrogens is 299 g/mol. The summed E-state index contributed by atoms with van der Waals surface area (Å²) in [5.74, 6) is 0. The van der Waals surface area contributed by atoms with Crippen LogP contribution in [0.5, 0.6) is 0 Å². The third-order valence-electron chi connectivity index (χ3n) is 2.87. The van der Waals surface area contributed by atoms with Crippen LogP contribution in [0.2, 0.25) is 10.0 Å². The zero-order valence-electron chi connectivity index (χ0n) is 10.6. The second-order valence-electron chi connectivity index (χ2n) is 4.34. The molecule has 0 saturated heterocycles. The predicted octanol–water partition coefficient (Wildman–Crippen LogP) is 5.07. The van der Waals surface area contributed by atoms with Gasteiger partial charge < -0.3 is 5.32 Å². The highest BCUT2D eigenvalue weighted by Crippen LogP contribution is 2.29. The lowest BCUT2D eigenvalue weighted by Crippen LogP contribution is -2.06. The average molecular weight is 311 g/mol. The van der Waals surface area contributed by atoms with E-state index in [1.54, 1.807) is 12.1 Å². The summed E-state index contributed by atoms with van der Waals surface area (Å²) in [6.07, 6.45) is 0. The molecule has 2 aromatic rings. The van der Waals surface area contributed by atoms with Gasteiger partial charge in [-0.2, -0.15) is 0 Å². The van der Waals surface area contributed by atoms with Crippen molar-refractivity contribution in [2.45, 2.75) is 13.0 Å². The summed E-state index contributed by atoms with van der Waals surface area (Å²) in [4.78, 5) is 10.3. The molecule has 1 unspecified atom stereocenters. The Morgan fingerprint density at radius 2 is 1.95 bits per heavy atom. The first-order valence-electron chi connectivity index (χ1n) is 5.93. The predicted molar refractivity (Wildman–Crippen MR) is 81.6 cm³/mol. The Kier molecular flexibility index (Phi) is 4.47. The van der Waals surface area contributed by atoms with Gasteiger partial charge in [-0.15, -0.1) is 0 Å². The topological polar surface area (TPSA) is 55.2 Å². The number of hydrogen-bond acceptors (Lipinski definition) is 3. The Labute approximate surface area is 126 Å². The number of halogens is 2. The molecule has 0 aromatic heterocycles. The molecule has 20 heavy (non-hydrogen) atoms. The van der Waals surface area contributed by atoms with Crippen molar-refractivity contribution in [2.24, 2.45) is 0 Å². The summed E-state index contributed by atoms with van der Waals surface area (Å²) in [7, 11) is 0. The number of anilines is 1. The number of rotatable bonds is 4. The lowest BCUT2D eigenvalue weighted by Gasteiger charge is -2.16. The highest BCUT2D eigenvalue weighted by molar-refractivity contribution is 6.32. The van der Waals surface area contributed by atoms with Gasteiger partial charge in [0.05, 0.1) is 4.92 Å². The van der Waals surface area contributed by atoms with E-state index in [0.717, 1.165) is 5.56 Å². The van der Waals surface area contributed by atoms with E-state index in [1.807, 2.05) is 25.1 Å². The van der Waals surface area contributed by atoms with E-state index in [-0.39, 0.29) is 16.8 Å². The van der Waals surface area contributed by atoms with Gasteiger partial charge >= 0.3 is 0 Å². The second-order valence-corrected chi connectivity index (χ2v) is 5.19. The molecule has 0 bridgehead atoms. The molecule has 104 valence electrons. The van der Waals surface area contributed by atoms with Crippen LogP contribution in [-0.4, -0.2) is 4.92 Å². The molecule has 6 heteroatoms. The third kappa shape index (κ3) is 3.40. The average Bonchev–Trinajstić information content (AvgIpc) is 2.40. The zero-order chi connectivity index (χ0) is 14.7. The van der Waals surface area contributed by atoms with Crippen LogP contribution >= 0.6 is 23.2 Å². The SMILES string of the molecule is CC(Nc1ccc(Cl)c([N+](=O)[O-])c1)c1cccc(Cl)c1. The van der Waals surface area contributed by atoms with Crippen LogP contribution in [0.3, 0.4) is 0 Å². The first-order chi connectivity index (χ1) is 9.47. The fourth-order valence-corrected chi connectivity index (χ4v) is 2.24. The molecule has 0 aliphatic heterocycles. The molecule has 4 nitrogen and oxygen atoms in total. The normalized spacial score (nSPS) is 11.9. The van der Waals surface area contributed by atoms with Gasteiger partial charge in [0.25, 0.3) is 5.69 Å². The summed E-state index contributed by atoms with van der Waals surface area (Å²) in [5.41, 5.74) is 1.51. The minimum Gasteiger partial charge on any atom is -0.378 e. The molecular formula is C14H12Cl2N2O2. The van der Waals surface area contributed by atoms with E-state index >= 15 is 0 Å². The van der Waals surface area contributed by atoms with Crippen LogP contribution in [0.15, 0.2) is 42.5 Å². The smallest absolute Gasteiger partial charge is 0.289 e. The Hall–Kier alpha value is -1.78. The van der Waals surface area contributed by atoms with Crippen molar-refractivity contribution >= 4 is 34.6 Å². The monoisotopic (exact) mass is 310 g/mol. The number of hydrogen-bond donors (Lipinski definition) is 1. The fraction of sp³-hybridized carbons (Fsp3) is 0.143. The molecule has 0 amide bonds. The molecule has 1 N–H and O–H groups in total. The Morgan fingerprint density at radius 3 is 2.60 bits per heavy atom. The maximum absolute atomic E-state index is 10.9.